The molecular weight excluding hydrogens is 258 g/mol. The summed E-state index contributed by atoms with van der Waals surface area (Å²) in [5.74, 6) is -1.54. The molecule has 20 heavy (non-hydrogen) atoms. The van der Waals surface area contributed by atoms with Gasteiger partial charge < -0.3 is 15.3 Å². The number of carbonyl (C=O) groups excluding carboxylic acids is 1. The molecule has 0 aliphatic carbocycles. The molecule has 1 fully saturated rings. The maximum Gasteiger partial charge on any atom is 0.338 e. The number of nitrogens with zero attached hydrogens (tertiary/aromatic N) is 2. The molecule has 1 aromatic heterocycles. The van der Waals surface area contributed by atoms with Crippen LogP contribution in [0.5, 0.6) is 0 Å². The lowest BCUT2D eigenvalue weighted by Crippen LogP contribution is -2.44. The molecule has 1 aliphatic rings. The summed E-state index contributed by atoms with van der Waals surface area (Å²) >= 11 is 0. The van der Waals surface area contributed by atoms with Crippen molar-refractivity contribution in [3.63, 3.8) is 0 Å². The molecule has 2 heterocycles. The van der Waals surface area contributed by atoms with E-state index >= 15 is 0 Å². The van der Waals surface area contributed by atoms with Crippen LogP contribution in [0.1, 0.15) is 40.6 Å². The summed E-state index contributed by atoms with van der Waals surface area (Å²) in [7, 11) is 0. The molecule has 6 nitrogen and oxygen atoms in total. The Morgan fingerprint density at radius 2 is 2.15 bits per heavy atom. The lowest BCUT2D eigenvalue weighted by Gasteiger charge is -2.31. The molecule has 0 unspecified atom stereocenters. The topological polar surface area (TPSA) is 82.5 Å². The molecular formula is C14H19N3O3. The molecule has 0 radical (unpaired) electrons. The van der Waals surface area contributed by atoms with Crippen LogP contribution in [-0.4, -0.2) is 52.5 Å². The number of piperidine rings is 1. The monoisotopic (exact) mass is 277 g/mol. The lowest BCUT2D eigenvalue weighted by molar-refractivity contribution is 0.0688. The fourth-order valence-electron chi connectivity index (χ4n) is 2.41. The van der Waals surface area contributed by atoms with Crippen LogP contribution >= 0.6 is 0 Å². The Morgan fingerprint density at radius 3 is 2.75 bits per heavy atom. The fourth-order valence-corrected chi connectivity index (χ4v) is 2.41. The van der Waals surface area contributed by atoms with Gasteiger partial charge in [0.05, 0.1) is 5.56 Å². The van der Waals surface area contributed by atoms with E-state index in [2.05, 4.69) is 22.1 Å². The van der Waals surface area contributed by atoms with Crippen molar-refractivity contribution < 1.29 is 14.7 Å². The first-order chi connectivity index (χ1) is 9.61. The molecule has 0 saturated carbocycles. The predicted octanol–water partition coefficient (Wildman–Crippen LogP) is 0.994. The third kappa shape index (κ3) is 3.33. The van der Waals surface area contributed by atoms with Gasteiger partial charge in [0.25, 0.3) is 5.91 Å². The Labute approximate surface area is 117 Å². The number of carboxylic acids is 1. The van der Waals surface area contributed by atoms with Gasteiger partial charge >= 0.3 is 5.97 Å². The first-order valence-electron chi connectivity index (χ1n) is 6.83. The number of aromatic carboxylic acids is 1. The molecule has 1 aromatic rings. The van der Waals surface area contributed by atoms with Gasteiger partial charge in [-0.05, 0) is 31.5 Å². The Bertz CT molecular complexity index is 496. The third-order valence-electron chi connectivity index (χ3n) is 3.62. The van der Waals surface area contributed by atoms with E-state index in [4.69, 9.17) is 5.11 Å². The number of amides is 1. The number of rotatable bonds is 4. The van der Waals surface area contributed by atoms with Crippen molar-refractivity contribution in [3.8, 4) is 0 Å². The number of aromatic nitrogens is 1. The number of carboxylic acid groups (broad SMARTS) is 1. The molecule has 108 valence electrons. The van der Waals surface area contributed by atoms with Gasteiger partial charge in [0.15, 0.2) is 0 Å². The highest BCUT2D eigenvalue weighted by Crippen LogP contribution is 2.12. The maximum atomic E-state index is 12.1. The molecule has 2 N–H and O–H groups in total. The van der Waals surface area contributed by atoms with Crippen LogP contribution in [0.15, 0.2) is 18.3 Å². The zero-order valence-corrected chi connectivity index (χ0v) is 11.5. The Morgan fingerprint density at radius 1 is 1.45 bits per heavy atom. The normalized spacial score (nSPS) is 16.9. The van der Waals surface area contributed by atoms with Gasteiger partial charge in [0, 0.05) is 25.3 Å². The van der Waals surface area contributed by atoms with E-state index in [0.29, 0.717) is 0 Å². The Kier molecular flexibility index (Phi) is 4.68. The van der Waals surface area contributed by atoms with Crippen LogP contribution in [0.25, 0.3) is 0 Å². The molecule has 2 rings (SSSR count). The number of pyridine rings is 1. The van der Waals surface area contributed by atoms with Crippen molar-refractivity contribution in [1.82, 2.24) is 15.2 Å². The van der Waals surface area contributed by atoms with Crippen molar-refractivity contribution in [2.24, 2.45) is 0 Å². The highest BCUT2D eigenvalue weighted by molar-refractivity contribution is 6.03. The van der Waals surface area contributed by atoms with Crippen molar-refractivity contribution in [2.45, 2.75) is 25.8 Å². The summed E-state index contributed by atoms with van der Waals surface area (Å²) in [5, 5.41) is 11.9. The van der Waals surface area contributed by atoms with Crippen LogP contribution in [0.2, 0.25) is 0 Å². The van der Waals surface area contributed by atoms with E-state index < -0.39 is 11.9 Å². The van der Waals surface area contributed by atoms with E-state index in [1.54, 1.807) is 0 Å². The minimum atomic E-state index is -1.14. The Balaban J connectivity index is 2.01. The summed E-state index contributed by atoms with van der Waals surface area (Å²) in [6, 6.07) is 3.00. The van der Waals surface area contributed by atoms with Crippen molar-refractivity contribution in [1.29, 1.82) is 0 Å². The minimum Gasteiger partial charge on any atom is -0.478 e. The van der Waals surface area contributed by atoms with Gasteiger partial charge in [0.1, 0.15) is 5.69 Å². The smallest absolute Gasteiger partial charge is 0.338 e. The molecule has 0 bridgehead atoms. The average molecular weight is 277 g/mol. The zero-order chi connectivity index (χ0) is 14.5. The zero-order valence-electron chi connectivity index (χ0n) is 11.5. The van der Waals surface area contributed by atoms with E-state index in [-0.39, 0.29) is 17.3 Å². The third-order valence-corrected chi connectivity index (χ3v) is 3.62. The van der Waals surface area contributed by atoms with Crippen molar-refractivity contribution in [3.05, 3.63) is 29.6 Å². The highest BCUT2D eigenvalue weighted by atomic mass is 16.4. The number of carbonyl (C=O) groups is 2. The van der Waals surface area contributed by atoms with E-state index in [1.165, 1.54) is 18.3 Å². The van der Waals surface area contributed by atoms with Gasteiger partial charge in [-0.15, -0.1) is 0 Å². The van der Waals surface area contributed by atoms with Gasteiger partial charge in [-0.25, -0.2) is 4.79 Å². The molecule has 6 heteroatoms. The summed E-state index contributed by atoms with van der Waals surface area (Å²) in [6.07, 6.45) is 3.20. The lowest BCUT2D eigenvalue weighted by atomic mass is 10.0. The number of likely N-dealkylation sites (tertiary alicyclic amines) is 1. The molecule has 0 aromatic carbocycles. The van der Waals surface area contributed by atoms with Gasteiger partial charge in [-0.3, -0.25) is 9.78 Å². The van der Waals surface area contributed by atoms with Crippen LogP contribution < -0.4 is 5.32 Å². The van der Waals surface area contributed by atoms with Gasteiger partial charge in [-0.1, -0.05) is 6.92 Å². The molecule has 1 saturated heterocycles. The summed E-state index contributed by atoms with van der Waals surface area (Å²) in [6.45, 7) is 5.04. The number of nitrogens with one attached hydrogen (secondary N) is 1. The summed E-state index contributed by atoms with van der Waals surface area (Å²) in [4.78, 5) is 29.4. The van der Waals surface area contributed by atoms with Crippen LogP contribution in [-0.2, 0) is 0 Å². The Hall–Kier alpha value is -1.95. The molecule has 1 aliphatic heterocycles. The number of hydrogen-bond donors (Lipinski definition) is 2. The summed E-state index contributed by atoms with van der Waals surface area (Å²) < 4.78 is 0. The SMILES string of the molecule is CCN1CCC(NC(=O)c2ncccc2C(=O)O)CC1. The predicted molar refractivity (Wildman–Crippen MR) is 73.8 cm³/mol. The van der Waals surface area contributed by atoms with E-state index in [0.717, 1.165) is 32.5 Å². The van der Waals surface area contributed by atoms with Crippen LogP contribution in [0.4, 0.5) is 0 Å². The maximum absolute atomic E-state index is 12.1. The van der Waals surface area contributed by atoms with Gasteiger partial charge in [-0.2, -0.15) is 0 Å². The largest absolute Gasteiger partial charge is 0.478 e. The standard InChI is InChI=1S/C14H19N3O3/c1-2-17-8-5-10(6-9-17)16-13(18)12-11(14(19)20)4-3-7-15-12/h3-4,7,10H,2,5-6,8-9H2,1H3,(H,16,18)(H,19,20). The van der Waals surface area contributed by atoms with E-state index in [1.807, 2.05) is 0 Å². The quantitative estimate of drug-likeness (QED) is 0.857. The first-order valence-corrected chi connectivity index (χ1v) is 6.83. The highest BCUT2D eigenvalue weighted by Gasteiger charge is 2.23. The average Bonchev–Trinajstić information content (AvgIpc) is 2.48. The molecule has 0 atom stereocenters. The molecule has 0 spiro atoms. The van der Waals surface area contributed by atoms with Crippen molar-refractivity contribution >= 4 is 11.9 Å². The second-order valence-electron chi connectivity index (χ2n) is 4.89. The second-order valence-corrected chi connectivity index (χ2v) is 4.89. The number of hydrogen-bond acceptors (Lipinski definition) is 4. The summed E-state index contributed by atoms with van der Waals surface area (Å²) in [5.41, 5.74) is -0.0751. The molecule has 1 amide bonds. The van der Waals surface area contributed by atoms with Crippen LogP contribution in [0, 0.1) is 0 Å². The first kappa shape index (κ1) is 14.5. The van der Waals surface area contributed by atoms with Crippen LogP contribution in [0.3, 0.4) is 0 Å². The van der Waals surface area contributed by atoms with Gasteiger partial charge in [0.2, 0.25) is 0 Å². The van der Waals surface area contributed by atoms with E-state index in [9.17, 15) is 9.59 Å². The second kappa shape index (κ2) is 6.47. The van der Waals surface area contributed by atoms with Crippen molar-refractivity contribution in [2.75, 3.05) is 19.6 Å². The fraction of sp³-hybridized carbons (Fsp3) is 0.500. The minimum absolute atomic E-state index is 0.0158.